The maximum atomic E-state index is 13.0. The highest BCUT2D eigenvalue weighted by Crippen LogP contribution is 2.31. The largest absolute Gasteiger partial charge is 0.349 e. The molecule has 37 heavy (non-hydrogen) atoms. The van der Waals surface area contributed by atoms with Crippen molar-refractivity contribution in [1.29, 1.82) is 0 Å². The van der Waals surface area contributed by atoms with Gasteiger partial charge in [0.25, 0.3) is 17.7 Å². The van der Waals surface area contributed by atoms with Crippen LogP contribution < -0.4 is 21.0 Å². The molecule has 3 aromatic rings. The van der Waals surface area contributed by atoms with Gasteiger partial charge in [0.2, 0.25) is 0 Å². The van der Waals surface area contributed by atoms with Gasteiger partial charge in [0.1, 0.15) is 6.61 Å². The van der Waals surface area contributed by atoms with Crippen molar-refractivity contribution in [1.82, 2.24) is 16.1 Å². The van der Waals surface area contributed by atoms with Crippen LogP contribution >= 0.6 is 0 Å². The van der Waals surface area contributed by atoms with E-state index in [1.165, 1.54) is 0 Å². The predicted molar refractivity (Wildman–Crippen MR) is 134 cm³/mol. The molecule has 1 aliphatic carbocycles. The number of hydrogen-bond acceptors (Lipinski definition) is 6. The van der Waals surface area contributed by atoms with Crippen LogP contribution in [0.3, 0.4) is 0 Å². The quantitative estimate of drug-likeness (QED) is 0.124. The Morgan fingerprint density at radius 2 is 1.57 bits per heavy atom. The Bertz CT molecular complexity index is 1360. The number of fused-ring (bicyclic) bond motifs is 1. The van der Waals surface area contributed by atoms with Gasteiger partial charge in [-0.15, -0.1) is 0 Å². The molecule has 2 aliphatic rings. The Labute approximate surface area is 213 Å². The Morgan fingerprint density at radius 1 is 0.892 bits per heavy atom. The molecule has 4 N–H and O–H groups in total. The van der Waals surface area contributed by atoms with Crippen molar-refractivity contribution < 1.29 is 29.4 Å². The number of hydroxylamine groups is 1. The highest BCUT2D eigenvalue weighted by Gasteiger charge is 2.26. The third kappa shape index (κ3) is 5.85. The topological polar surface area (TPSA) is 126 Å². The van der Waals surface area contributed by atoms with Gasteiger partial charge in [0, 0.05) is 34.9 Å². The van der Waals surface area contributed by atoms with Gasteiger partial charge in [0.05, 0.1) is 0 Å². The van der Waals surface area contributed by atoms with Gasteiger partial charge < -0.3 is 15.5 Å². The molecule has 0 unspecified atom stereocenters. The highest BCUT2D eigenvalue weighted by molar-refractivity contribution is 6.24. The first kappa shape index (κ1) is 24.2. The smallest absolute Gasteiger partial charge is 0.274 e. The van der Waals surface area contributed by atoms with E-state index >= 15 is 0 Å². The first-order valence-electron chi connectivity index (χ1n) is 11.9. The summed E-state index contributed by atoms with van der Waals surface area (Å²) >= 11 is 0. The van der Waals surface area contributed by atoms with Crippen molar-refractivity contribution in [3.05, 3.63) is 100 Å². The second kappa shape index (κ2) is 10.7. The highest BCUT2D eigenvalue weighted by atomic mass is 17.2. The van der Waals surface area contributed by atoms with Crippen molar-refractivity contribution in [2.75, 3.05) is 0 Å². The van der Waals surface area contributed by atoms with Crippen LogP contribution in [0.25, 0.3) is 11.6 Å². The molecular formula is C28H25N3O6. The summed E-state index contributed by atoms with van der Waals surface area (Å²) in [7, 11) is 0. The third-order valence-electron chi connectivity index (χ3n) is 6.15. The van der Waals surface area contributed by atoms with E-state index in [1.807, 2.05) is 18.2 Å². The van der Waals surface area contributed by atoms with Crippen LogP contribution in [0, 0.1) is 0 Å². The van der Waals surface area contributed by atoms with Gasteiger partial charge in [-0.05, 0) is 72.0 Å². The number of benzene rings is 3. The Morgan fingerprint density at radius 3 is 2.27 bits per heavy atom. The van der Waals surface area contributed by atoms with Crippen molar-refractivity contribution in [3.8, 4) is 5.75 Å². The summed E-state index contributed by atoms with van der Waals surface area (Å²) in [6.07, 6.45) is 3.77. The van der Waals surface area contributed by atoms with Crippen LogP contribution in [-0.4, -0.2) is 29.0 Å². The summed E-state index contributed by atoms with van der Waals surface area (Å²) < 4.78 is 0. The van der Waals surface area contributed by atoms with Crippen LogP contribution in [0.1, 0.15) is 55.8 Å². The molecule has 0 spiro atoms. The monoisotopic (exact) mass is 499 g/mol. The molecule has 3 amide bonds. The number of rotatable bonds is 8. The van der Waals surface area contributed by atoms with Crippen LogP contribution in [-0.2, 0) is 22.8 Å². The lowest BCUT2D eigenvalue weighted by Crippen LogP contribution is -2.26. The molecular weight excluding hydrogens is 474 g/mol. The average molecular weight is 500 g/mol. The Balaban J connectivity index is 1.28. The van der Waals surface area contributed by atoms with Crippen LogP contribution in [0.5, 0.6) is 5.75 Å². The van der Waals surface area contributed by atoms with E-state index in [2.05, 4.69) is 10.6 Å². The van der Waals surface area contributed by atoms with E-state index in [0.717, 1.165) is 35.1 Å². The summed E-state index contributed by atoms with van der Waals surface area (Å²) in [5.41, 5.74) is 6.11. The zero-order valence-electron chi connectivity index (χ0n) is 19.8. The standard InChI is InChI=1S/C28H25N3O6/c32-26(29-15-18-3-7-20(8-4-18)27(33)31-35)19-5-1-17(2-6-19)13-24(28(34)30-23-10-11-23)21-9-12-25-22(14-21)16-36-37-25/h1-9,12-14,23,35H,10-11,15-16H2,(H,29,32)(H,30,34)(H,31,33). The molecule has 1 saturated carbocycles. The maximum Gasteiger partial charge on any atom is 0.274 e. The van der Waals surface area contributed by atoms with Crippen LogP contribution in [0.4, 0.5) is 0 Å². The first-order chi connectivity index (χ1) is 18.0. The molecule has 9 nitrogen and oxygen atoms in total. The Kier molecular flexibility index (Phi) is 6.98. The summed E-state index contributed by atoms with van der Waals surface area (Å²) in [6, 6.07) is 19.2. The second-order valence-electron chi connectivity index (χ2n) is 8.92. The van der Waals surface area contributed by atoms with Crippen molar-refractivity contribution in [2.45, 2.75) is 32.0 Å². The van der Waals surface area contributed by atoms with Gasteiger partial charge in [-0.25, -0.2) is 5.48 Å². The fourth-order valence-corrected chi connectivity index (χ4v) is 3.89. The fraction of sp³-hybridized carbons (Fsp3) is 0.179. The predicted octanol–water partition coefficient (Wildman–Crippen LogP) is 3.38. The van der Waals surface area contributed by atoms with E-state index in [0.29, 0.717) is 29.1 Å². The van der Waals surface area contributed by atoms with Gasteiger partial charge in [-0.3, -0.25) is 19.6 Å². The number of hydrogen-bond donors (Lipinski definition) is 4. The molecule has 3 aromatic carbocycles. The fourth-order valence-electron chi connectivity index (χ4n) is 3.89. The van der Waals surface area contributed by atoms with Crippen molar-refractivity contribution in [3.63, 3.8) is 0 Å². The first-order valence-corrected chi connectivity index (χ1v) is 11.9. The SMILES string of the molecule is O=C(NC1CC1)C(=Cc1ccc(C(=O)NCc2ccc(C(=O)NO)cc2)cc1)c1ccc2c(c1)COO2. The normalized spacial score (nSPS) is 14.4. The average Bonchev–Trinajstić information content (AvgIpc) is 3.62. The number of carbonyl (C=O) groups excluding carboxylic acids is 3. The van der Waals surface area contributed by atoms with Crippen LogP contribution in [0.2, 0.25) is 0 Å². The maximum absolute atomic E-state index is 13.0. The third-order valence-corrected chi connectivity index (χ3v) is 6.15. The minimum atomic E-state index is -0.600. The van der Waals surface area contributed by atoms with Gasteiger partial charge >= 0.3 is 0 Å². The number of nitrogens with one attached hydrogen (secondary N) is 3. The Hall–Kier alpha value is -4.47. The van der Waals surface area contributed by atoms with E-state index < -0.39 is 5.91 Å². The summed E-state index contributed by atoms with van der Waals surface area (Å²) in [5, 5.41) is 14.6. The van der Waals surface area contributed by atoms with Crippen molar-refractivity contribution >= 4 is 29.4 Å². The van der Waals surface area contributed by atoms with E-state index in [-0.39, 0.29) is 24.4 Å². The molecule has 0 bridgehead atoms. The lowest BCUT2D eigenvalue weighted by Gasteiger charge is -2.10. The molecule has 188 valence electrons. The van der Waals surface area contributed by atoms with E-state index in [9.17, 15) is 14.4 Å². The summed E-state index contributed by atoms with van der Waals surface area (Å²) in [6.45, 7) is 0.603. The van der Waals surface area contributed by atoms with Crippen LogP contribution in [0.15, 0.2) is 66.7 Å². The van der Waals surface area contributed by atoms with E-state index in [4.69, 9.17) is 15.0 Å². The zero-order chi connectivity index (χ0) is 25.8. The molecule has 1 aliphatic heterocycles. The molecule has 0 aromatic heterocycles. The molecule has 0 saturated heterocycles. The lowest BCUT2D eigenvalue weighted by molar-refractivity contribution is -0.194. The minimum Gasteiger partial charge on any atom is -0.349 e. The molecule has 0 radical (unpaired) electrons. The number of amides is 3. The molecule has 1 fully saturated rings. The van der Waals surface area contributed by atoms with E-state index in [1.54, 1.807) is 60.1 Å². The minimum absolute atomic E-state index is 0.147. The van der Waals surface area contributed by atoms with Gasteiger partial charge in [0.15, 0.2) is 5.75 Å². The second-order valence-corrected chi connectivity index (χ2v) is 8.92. The van der Waals surface area contributed by atoms with Gasteiger partial charge in [-0.2, -0.15) is 4.89 Å². The van der Waals surface area contributed by atoms with Gasteiger partial charge in [-0.1, -0.05) is 30.3 Å². The number of carbonyl (C=O) groups is 3. The molecule has 0 atom stereocenters. The van der Waals surface area contributed by atoms with Crippen molar-refractivity contribution in [2.24, 2.45) is 0 Å². The zero-order valence-corrected chi connectivity index (χ0v) is 19.8. The lowest BCUT2D eigenvalue weighted by atomic mass is 9.99. The molecule has 5 rings (SSSR count). The summed E-state index contributed by atoms with van der Waals surface area (Å²) in [5.74, 6) is -0.352. The summed E-state index contributed by atoms with van der Waals surface area (Å²) in [4.78, 5) is 47.2. The molecule has 1 heterocycles. The molecule has 9 heteroatoms.